The van der Waals surface area contributed by atoms with Crippen molar-refractivity contribution >= 4 is 35.4 Å². The van der Waals surface area contributed by atoms with E-state index in [1.54, 1.807) is 0 Å². The van der Waals surface area contributed by atoms with Gasteiger partial charge in [-0.25, -0.2) is 0 Å². The maximum Gasteiger partial charge on any atom is 0.243 e. The minimum atomic E-state index is -1.05. The van der Waals surface area contributed by atoms with Crippen LogP contribution in [-0.4, -0.2) is 72.7 Å². The van der Waals surface area contributed by atoms with Gasteiger partial charge in [-0.05, 0) is 35.8 Å². The van der Waals surface area contributed by atoms with Crippen molar-refractivity contribution < 1.29 is 28.8 Å². The Morgan fingerprint density at radius 3 is 1.17 bits per heavy atom. The summed E-state index contributed by atoms with van der Waals surface area (Å²) in [4.78, 5) is 79.7. The van der Waals surface area contributed by atoms with Crippen molar-refractivity contribution in [2.24, 2.45) is 11.8 Å². The van der Waals surface area contributed by atoms with Gasteiger partial charge in [-0.2, -0.15) is 0 Å². The Morgan fingerprint density at radius 2 is 0.848 bits per heavy atom. The minimum Gasteiger partial charge on any atom is -0.345 e. The zero-order chi connectivity index (χ0) is 33.6. The number of amides is 6. The van der Waals surface area contributed by atoms with Crippen molar-refractivity contribution in [3.05, 3.63) is 71.8 Å². The van der Waals surface area contributed by atoms with Crippen LogP contribution in [0.3, 0.4) is 0 Å². The van der Waals surface area contributed by atoms with Crippen molar-refractivity contribution in [1.29, 1.82) is 0 Å². The van der Waals surface area contributed by atoms with Gasteiger partial charge in [0.25, 0.3) is 0 Å². The smallest absolute Gasteiger partial charge is 0.243 e. The van der Waals surface area contributed by atoms with Gasteiger partial charge in [0.1, 0.15) is 24.2 Å². The molecule has 6 amide bonds. The fourth-order valence-electron chi connectivity index (χ4n) is 5.14. The molecule has 46 heavy (non-hydrogen) atoms. The molecule has 1 heterocycles. The van der Waals surface area contributed by atoms with Gasteiger partial charge in [0.15, 0.2) is 0 Å². The Hall–Kier alpha value is -4.74. The molecule has 0 radical (unpaired) electrons. The van der Waals surface area contributed by atoms with E-state index in [1.165, 1.54) is 0 Å². The third-order valence-electron chi connectivity index (χ3n) is 7.40. The van der Waals surface area contributed by atoms with Crippen LogP contribution in [-0.2, 0) is 41.6 Å². The quantitative estimate of drug-likeness (QED) is 0.250. The molecule has 2 aromatic carbocycles. The summed E-state index contributed by atoms with van der Waals surface area (Å²) in [6.45, 7) is 6.68. The Morgan fingerprint density at radius 1 is 0.500 bits per heavy atom. The Kier molecular flexibility index (Phi) is 13.7. The molecule has 4 atom stereocenters. The van der Waals surface area contributed by atoms with Crippen molar-refractivity contribution in [2.75, 3.05) is 13.1 Å². The number of benzene rings is 2. The van der Waals surface area contributed by atoms with Crippen LogP contribution in [0.4, 0.5) is 0 Å². The lowest BCUT2D eigenvalue weighted by Crippen LogP contribution is -2.59. The monoisotopic (exact) mass is 634 g/mol. The van der Waals surface area contributed by atoms with Gasteiger partial charge in [-0.1, -0.05) is 88.4 Å². The third-order valence-corrected chi connectivity index (χ3v) is 7.40. The highest BCUT2D eigenvalue weighted by atomic mass is 16.2. The van der Waals surface area contributed by atoms with Gasteiger partial charge in [-0.3, -0.25) is 28.8 Å². The molecule has 1 saturated heterocycles. The van der Waals surface area contributed by atoms with Crippen LogP contribution < -0.4 is 31.9 Å². The van der Waals surface area contributed by atoms with E-state index in [2.05, 4.69) is 31.9 Å². The van der Waals surface area contributed by atoms with E-state index in [0.717, 1.165) is 11.1 Å². The summed E-state index contributed by atoms with van der Waals surface area (Å²) in [7, 11) is 0. The molecule has 0 bridgehead atoms. The van der Waals surface area contributed by atoms with E-state index in [4.69, 9.17) is 0 Å². The number of rotatable bonds is 8. The molecular weight excluding hydrogens is 588 g/mol. The molecule has 1 aliphatic heterocycles. The average Bonchev–Trinajstić information content (AvgIpc) is 3.01. The maximum absolute atomic E-state index is 13.5. The highest BCUT2D eigenvalue weighted by Crippen LogP contribution is 2.10. The van der Waals surface area contributed by atoms with Gasteiger partial charge in [0.05, 0.1) is 13.1 Å². The second-order valence-corrected chi connectivity index (χ2v) is 12.4. The minimum absolute atomic E-state index is 0.0119. The van der Waals surface area contributed by atoms with Crippen LogP contribution >= 0.6 is 0 Å². The summed E-state index contributed by atoms with van der Waals surface area (Å²) in [6, 6.07) is 14.1. The Labute approximate surface area is 270 Å². The molecular formula is C34H46N6O6. The van der Waals surface area contributed by atoms with Crippen LogP contribution in [0, 0.1) is 11.8 Å². The largest absolute Gasteiger partial charge is 0.345 e. The predicted molar refractivity (Wildman–Crippen MR) is 173 cm³/mol. The molecule has 3 rings (SSSR count). The number of carbonyl (C=O) groups is 6. The van der Waals surface area contributed by atoms with Gasteiger partial charge in [-0.15, -0.1) is 0 Å². The highest BCUT2D eigenvalue weighted by molar-refractivity contribution is 5.96. The highest BCUT2D eigenvalue weighted by Gasteiger charge is 2.31. The molecule has 248 valence electrons. The second kappa shape index (κ2) is 17.7. The summed E-state index contributed by atoms with van der Waals surface area (Å²) < 4.78 is 0. The molecule has 0 aromatic heterocycles. The van der Waals surface area contributed by atoms with E-state index in [0.29, 0.717) is 0 Å². The lowest BCUT2D eigenvalue weighted by molar-refractivity contribution is -0.135. The molecule has 12 heteroatoms. The van der Waals surface area contributed by atoms with Crippen molar-refractivity contribution in [2.45, 2.75) is 77.5 Å². The van der Waals surface area contributed by atoms with Crippen molar-refractivity contribution in [1.82, 2.24) is 31.9 Å². The third kappa shape index (κ3) is 12.0. The number of hydrogen-bond acceptors (Lipinski definition) is 6. The zero-order valence-corrected chi connectivity index (χ0v) is 26.9. The first-order valence-electron chi connectivity index (χ1n) is 15.7. The lowest BCUT2D eigenvalue weighted by Gasteiger charge is -2.26. The van der Waals surface area contributed by atoms with E-state index >= 15 is 0 Å². The van der Waals surface area contributed by atoms with Crippen LogP contribution in [0.1, 0.15) is 51.7 Å². The topological polar surface area (TPSA) is 175 Å². The lowest BCUT2D eigenvalue weighted by atomic mass is 10.0. The van der Waals surface area contributed by atoms with E-state index in [1.807, 2.05) is 88.4 Å². The molecule has 0 aliphatic carbocycles. The zero-order valence-electron chi connectivity index (χ0n) is 26.9. The van der Waals surface area contributed by atoms with Gasteiger partial charge in [0, 0.05) is 12.8 Å². The molecule has 12 nitrogen and oxygen atoms in total. The van der Waals surface area contributed by atoms with E-state index in [9.17, 15) is 28.8 Å². The SMILES string of the molecule is CC(C)C[C@@H]1NC(=O)CNC(=O)[C@@H](Cc2ccccc2)NC(=O)[C@@H](CC(C)C)NC(=O)CNC(=O)[C@H](Cc2ccccc2)NC1=O. The van der Waals surface area contributed by atoms with Crippen molar-refractivity contribution in [3.8, 4) is 0 Å². The normalized spacial score (nSPS) is 22.5. The first-order valence-corrected chi connectivity index (χ1v) is 15.7. The first kappa shape index (κ1) is 35.7. The second-order valence-electron chi connectivity index (χ2n) is 12.4. The van der Waals surface area contributed by atoms with E-state index < -0.39 is 72.7 Å². The van der Waals surface area contributed by atoms with E-state index in [-0.39, 0.29) is 37.5 Å². The maximum atomic E-state index is 13.5. The number of hydrogen-bond donors (Lipinski definition) is 6. The number of nitrogens with one attached hydrogen (secondary N) is 6. The van der Waals surface area contributed by atoms with Crippen LogP contribution in [0.15, 0.2) is 60.7 Å². The molecule has 2 aromatic rings. The molecule has 1 fully saturated rings. The molecule has 0 unspecified atom stereocenters. The van der Waals surface area contributed by atoms with Gasteiger partial charge >= 0.3 is 0 Å². The Bertz CT molecular complexity index is 1250. The molecule has 6 N–H and O–H groups in total. The first-order chi connectivity index (χ1) is 21.9. The van der Waals surface area contributed by atoms with Gasteiger partial charge in [0.2, 0.25) is 35.4 Å². The number of carbonyl (C=O) groups excluding carboxylic acids is 6. The predicted octanol–water partition coefficient (Wildman–Crippen LogP) is 0.749. The summed E-state index contributed by atoms with van der Waals surface area (Å²) in [5, 5.41) is 16.0. The fourth-order valence-corrected chi connectivity index (χ4v) is 5.14. The van der Waals surface area contributed by atoms with Crippen LogP contribution in [0.25, 0.3) is 0 Å². The molecule has 1 aliphatic rings. The van der Waals surface area contributed by atoms with Crippen molar-refractivity contribution in [3.63, 3.8) is 0 Å². The molecule has 0 saturated carbocycles. The standard InChI is InChI=1S/C34H46N6O6/c1-21(2)15-25-33(45)39-27(17-23-11-7-5-8-12-23)31(43)36-20-30(42)38-26(16-22(3)4)34(46)40-28(18-24-13-9-6-10-14-24)32(44)35-19-29(41)37-25/h5-14,21-22,25-28H,15-20H2,1-4H3,(H,35,44)(H,36,43)(H,37,41)(H,38,42)(H,39,45)(H,40,46)/t25-,26+,27-,28+. The van der Waals surface area contributed by atoms with Crippen LogP contribution in [0.2, 0.25) is 0 Å². The fraction of sp³-hybridized carbons (Fsp3) is 0.471. The summed E-state index contributed by atoms with van der Waals surface area (Å²) >= 11 is 0. The summed E-state index contributed by atoms with van der Waals surface area (Å²) in [5.74, 6) is -3.51. The van der Waals surface area contributed by atoms with Gasteiger partial charge < -0.3 is 31.9 Å². The summed E-state index contributed by atoms with van der Waals surface area (Å²) in [6.07, 6.45) is 0.828. The molecule has 0 spiro atoms. The average molecular weight is 635 g/mol. The Balaban J connectivity index is 1.91. The summed E-state index contributed by atoms with van der Waals surface area (Å²) in [5.41, 5.74) is 1.56. The van der Waals surface area contributed by atoms with Crippen LogP contribution in [0.5, 0.6) is 0 Å².